The highest BCUT2D eigenvalue weighted by Crippen LogP contribution is 2.50. The van der Waals surface area contributed by atoms with Gasteiger partial charge in [0, 0.05) is 4.88 Å². The second kappa shape index (κ2) is 12.4. The number of piperidine rings is 2. The van der Waals surface area contributed by atoms with Crippen LogP contribution in [0.5, 0.6) is 23.0 Å². The fourth-order valence-electron chi connectivity index (χ4n) is 7.04. The molecule has 6 nitrogen and oxygen atoms in total. The lowest BCUT2D eigenvalue weighted by Crippen LogP contribution is -2.33. The average molecular weight is 561 g/mol. The summed E-state index contributed by atoms with van der Waals surface area (Å²) < 4.78 is 24.8. The molecule has 2 aromatic rings. The Balaban J connectivity index is 1.27. The maximum absolute atomic E-state index is 6.35. The van der Waals surface area contributed by atoms with Crippen LogP contribution in [0.1, 0.15) is 58.5 Å². The highest BCUT2D eigenvalue weighted by molar-refractivity contribution is 7.13. The van der Waals surface area contributed by atoms with E-state index in [1.54, 1.807) is 0 Å². The number of nitrogens with one attached hydrogen (secondary N) is 2. The van der Waals surface area contributed by atoms with Crippen LogP contribution in [-0.4, -0.2) is 52.6 Å². The minimum atomic E-state index is 0.553. The molecule has 2 aromatic heterocycles. The van der Waals surface area contributed by atoms with E-state index in [9.17, 15) is 0 Å². The third-order valence-electron chi connectivity index (χ3n) is 9.14. The fraction of sp³-hybridized carbons (Fsp3) is 0.733. The standard InChI is InChI=1S/C30H44N2O4S2/c1-3-20(21-4-8-31-9-5-21)16-25-29-30(36-15-14-35-29)26(38-25)18-23(22-6-10-32-11-7-22)17-24-28-27(19(2)37-24)33-12-13-34-28/h20-23,31-32H,3-18H2,1-2H3. The first-order chi connectivity index (χ1) is 18.7. The molecule has 0 saturated carbocycles. The summed E-state index contributed by atoms with van der Waals surface area (Å²) in [6.07, 6.45) is 9.52. The normalized spacial score (nSPS) is 21.8. The number of aryl methyl sites for hydroxylation is 1. The Hall–Kier alpha value is -1.48. The Morgan fingerprint density at radius 1 is 0.632 bits per heavy atom. The summed E-state index contributed by atoms with van der Waals surface area (Å²) >= 11 is 3.86. The number of hydrogen-bond acceptors (Lipinski definition) is 8. The van der Waals surface area contributed by atoms with Gasteiger partial charge in [-0.05, 0) is 102 Å². The van der Waals surface area contributed by atoms with Crippen molar-refractivity contribution < 1.29 is 18.9 Å². The van der Waals surface area contributed by atoms with Gasteiger partial charge in [0.25, 0.3) is 0 Å². The van der Waals surface area contributed by atoms with Crippen molar-refractivity contribution in [3.63, 3.8) is 0 Å². The van der Waals surface area contributed by atoms with Crippen LogP contribution in [0.4, 0.5) is 0 Å². The van der Waals surface area contributed by atoms with Gasteiger partial charge in [-0.3, -0.25) is 0 Å². The molecule has 2 N–H and O–H groups in total. The van der Waals surface area contributed by atoms with Crippen LogP contribution >= 0.6 is 22.7 Å². The van der Waals surface area contributed by atoms with Gasteiger partial charge in [-0.15, -0.1) is 22.7 Å². The molecule has 4 aliphatic rings. The molecular formula is C30H44N2O4S2. The van der Waals surface area contributed by atoms with Gasteiger partial charge in [0.05, 0.1) is 14.6 Å². The van der Waals surface area contributed by atoms with E-state index < -0.39 is 0 Å². The van der Waals surface area contributed by atoms with Crippen molar-refractivity contribution in [1.82, 2.24) is 10.6 Å². The third-order valence-corrected chi connectivity index (χ3v) is 11.4. The zero-order chi connectivity index (χ0) is 25.9. The van der Waals surface area contributed by atoms with Crippen LogP contribution in [0.25, 0.3) is 0 Å². The topological polar surface area (TPSA) is 61.0 Å². The molecule has 0 aromatic carbocycles. The third kappa shape index (κ3) is 5.70. The molecule has 38 heavy (non-hydrogen) atoms. The maximum Gasteiger partial charge on any atom is 0.175 e. The van der Waals surface area contributed by atoms with Crippen LogP contribution in [0.2, 0.25) is 0 Å². The number of hydrogen-bond donors (Lipinski definition) is 2. The zero-order valence-corrected chi connectivity index (χ0v) is 24.7. The summed E-state index contributed by atoms with van der Waals surface area (Å²) in [4.78, 5) is 5.43. The molecule has 0 bridgehead atoms. The maximum atomic E-state index is 6.35. The largest absolute Gasteiger partial charge is 0.485 e. The van der Waals surface area contributed by atoms with Gasteiger partial charge < -0.3 is 29.6 Å². The van der Waals surface area contributed by atoms with Gasteiger partial charge in [0.1, 0.15) is 26.4 Å². The molecule has 2 atom stereocenters. The lowest BCUT2D eigenvalue weighted by molar-refractivity contribution is 0.166. The predicted octanol–water partition coefficient (Wildman–Crippen LogP) is 5.63. The van der Waals surface area contributed by atoms with Crippen LogP contribution in [0, 0.1) is 30.6 Å². The van der Waals surface area contributed by atoms with Crippen molar-refractivity contribution in [3.05, 3.63) is 19.5 Å². The lowest BCUT2D eigenvalue weighted by Gasteiger charge is -2.31. The molecule has 0 spiro atoms. The fourth-order valence-corrected chi connectivity index (χ4v) is 9.57. The molecular weight excluding hydrogens is 516 g/mol. The minimum absolute atomic E-state index is 0.553. The number of ether oxygens (including phenoxy) is 4. The van der Waals surface area contributed by atoms with Crippen molar-refractivity contribution in [2.45, 2.75) is 65.2 Å². The molecule has 0 aliphatic carbocycles. The highest BCUT2D eigenvalue weighted by Gasteiger charge is 2.33. The van der Waals surface area contributed by atoms with E-state index in [1.807, 2.05) is 22.7 Å². The van der Waals surface area contributed by atoms with E-state index in [1.165, 1.54) is 51.6 Å². The van der Waals surface area contributed by atoms with Crippen LogP contribution in [-0.2, 0) is 19.3 Å². The summed E-state index contributed by atoms with van der Waals surface area (Å²) in [5.41, 5.74) is 0. The van der Waals surface area contributed by atoms with E-state index >= 15 is 0 Å². The van der Waals surface area contributed by atoms with E-state index in [4.69, 9.17) is 18.9 Å². The van der Waals surface area contributed by atoms with E-state index in [0.717, 1.165) is 80.3 Å². The van der Waals surface area contributed by atoms with Crippen molar-refractivity contribution >= 4 is 22.7 Å². The van der Waals surface area contributed by atoms with Crippen molar-refractivity contribution in [1.29, 1.82) is 0 Å². The highest BCUT2D eigenvalue weighted by atomic mass is 32.1. The van der Waals surface area contributed by atoms with Crippen LogP contribution < -0.4 is 29.6 Å². The van der Waals surface area contributed by atoms with Crippen molar-refractivity contribution in [3.8, 4) is 23.0 Å². The monoisotopic (exact) mass is 560 g/mol. The summed E-state index contributed by atoms with van der Waals surface area (Å²) in [6, 6.07) is 0. The molecule has 4 aliphatic heterocycles. The Bertz CT molecular complexity index is 1070. The SMILES string of the molecule is CCC(Cc1sc(CC(Cc2sc(C)c3c2OCCO3)C2CCNCC2)c2c1OCCO2)C1CCNCC1. The van der Waals surface area contributed by atoms with Gasteiger partial charge in [-0.25, -0.2) is 0 Å². The Kier molecular flexibility index (Phi) is 8.69. The average Bonchev–Trinajstić information content (AvgIpc) is 3.49. The molecule has 2 saturated heterocycles. The summed E-state index contributed by atoms with van der Waals surface area (Å²) in [5, 5.41) is 7.12. The molecule has 6 rings (SSSR count). The Labute approximate surface area is 235 Å². The molecule has 2 unspecified atom stereocenters. The van der Waals surface area contributed by atoms with Crippen LogP contribution in [0.15, 0.2) is 0 Å². The molecule has 6 heterocycles. The zero-order valence-electron chi connectivity index (χ0n) is 23.1. The minimum Gasteiger partial charge on any atom is -0.485 e. The van der Waals surface area contributed by atoms with E-state index in [-0.39, 0.29) is 0 Å². The number of rotatable bonds is 9. The number of fused-ring (bicyclic) bond motifs is 2. The summed E-state index contributed by atoms with van der Waals surface area (Å²) in [6.45, 7) is 11.7. The van der Waals surface area contributed by atoms with Gasteiger partial charge in [0.2, 0.25) is 0 Å². The first-order valence-electron chi connectivity index (χ1n) is 14.9. The molecule has 8 heteroatoms. The summed E-state index contributed by atoms with van der Waals surface area (Å²) in [7, 11) is 0. The van der Waals surface area contributed by atoms with Crippen molar-refractivity contribution in [2.24, 2.45) is 23.7 Å². The lowest BCUT2D eigenvalue weighted by atomic mass is 9.80. The second-order valence-corrected chi connectivity index (χ2v) is 14.0. The first-order valence-corrected chi connectivity index (χ1v) is 16.5. The van der Waals surface area contributed by atoms with E-state index in [0.29, 0.717) is 38.3 Å². The Morgan fingerprint density at radius 2 is 1.05 bits per heavy atom. The molecule has 0 radical (unpaired) electrons. The van der Waals surface area contributed by atoms with Crippen LogP contribution in [0.3, 0.4) is 0 Å². The van der Waals surface area contributed by atoms with Crippen molar-refractivity contribution in [2.75, 3.05) is 52.6 Å². The summed E-state index contributed by atoms with van der Waals surface area (Å²) in [5.74, 6) is 6.89. The quantitative estimate of drug-likeness (QED) is 0.415. The predicted molar refractivity (Wildman–Crippen MR) is 155 cm³/mol. The molecule has 0 amide bonds. The van der Waals surface area contributed by atoms with Gasteiger partial charge in [-0.1, -0.05) is 13.3 Å². The smallest absolute Gasteiger partial charge is 0.175 e. The number of thiophene rings is 2. The molecule has 2 fully saturated rings. The van der Waals surface area contributed by atoms with Gasteiger partial charge >= 0.3 is 0 Å². The van der Waals surface area contributed by atoms with Gasteiger partial charge in [-0.2, -0.15) is 0 Å². The second-order valence-electron chi connectivity index (χ2n) is 11.5. The Morgan fingerprint density at radius 3 is 1.58 bits per heavy atom. The van der Waals surface area contributed by atoms with Gasteiger partial charge in [0.15, 0.2) is 23.0 Å². The molecule has 210 valence electrons. The first kappa shape index (κ1) is 26.7. The van der Waals surface area contributed by atoms with E-state index in [2.05, 4.69) is 24.5 Å².